The molecule has 8 rings (SSSR count). The third-order valence-electron chi connectivity index (χ3n) is 10.2. The van der Waals surface area contributed by atoms with Gasteiger partial charge >= 0.3 is 6.18 Å². The first-order valence-electron chi connectivity index (χ1n) is 17.3. The second-order valence-electron chi connectivity index (χ2n) is 15.7. The Morgan fingerprint density at radius 2 is 0.904 bits per heavy atom. The molecule has 0 saturated heterocycles. The summed E-state index contributed by atoms with van der Waals surface area (Å²) in [7, 11) is 0. The molecule has 0 N–H and O–H groups in total. The Morgan fingerprint density at radius 3 is 1.35 bits per heavy atom. The smallest absolute Gasteiger partial charge is 0.309 e. The highest BCUT2D eigenvalue weighted by Gasteiger charge is 2.40. The molecule has 0 bridgehead atoms. The highest BCUT2D eigenvalue weighted by Crippen LogP contribution is 2.47. The fourth-order valence-electron chi connectivity index (χ4n) is 7.52. The maximum absolute atomic E-state index is 16.1. The van der Waals surface area contributed by atoms with Crippen LogP contribution in [0.15, 0.2) is 115 Å². The van der Waals surface area contributed by atoms with E-state index in [1.165, 1.54) is 12.1 Å². The van der Waals surface area contributed by atoms with Gasteiger partial charge in [0.05, 0.1) is 33.4 Å². The van der Waals surface area contributed by atoms with Crippen molar-refractivity contribution in [3.05, 3.63) is 144 Å². The summed E-state index contributed by atoms with van der Waals surface area (Å²) >= 11 is 0. The summed E-state index contributed by atoms with van der Waals surface area (Å²) < 4.78 is 82.3. The summed E-state index contributed by atoms with van der Waals surface area (Å²) in [5, 5.41) is 3.13. The Kier molecular flexibility index (Phi) is 7.48. The van der Waals surface area contributed by atoms with E-state index in [1.54, 1.807) is 33.4 Å². The summed E-state index contributed by atoms with van der Waals surface area (Å²) in [6.45, 7) is 12.3. The minimum Gasteiger partial charge on any atom is -0.309 e. The molecule has 6 aromatic carbocycles. The number of alkyl halides is 3. The number of para-hydroxylation sites is 2. The molecule has 0 atom stereocenters. The summed E-state index contributed by atoms with van der Waals surface area (Å²) in [4.78, 5) is 0. The monoisotopic (exact) mass is 700 g/mol. The predicted octanol–water partition coefficient (Wildman–Crippen LogP) is 13.4. The Morgan fingerprint density at radius 1 is 0.462 bits per heavy atom. The highest BCUT2D eigenvalue weighted by atomic mass is 19.4. The molecule has 262 valence electrons. The highest BCUT2D eigenvalue weighted by molar-refractivity contribution is 6.11. The molecule has 0 saturated carbocycles. The molecule has 0 aliphatic carbocycles. The SMILES string of the molecule is CC(C)(C)c1ccc2c3ccccc3n(-c3cc(-c4cc(F)ccc4F)cc(-n4c5ccccc5c5ccc(C(C)(C)C)cc54)c3C(F)(F)F)c2c1. The fourth-order valence-corrected chi connectivity index (χ4v) is 7.52. The van der Waals surface area contributed by atoms with E-state index in [-0.39, 0.29) is 33.3 Å². The molecule has 0 spiro atoms. The van der Waals surface area contributed by atoms with Gasteiger partial charge in [-0.2, -0.15) is 13.2 Å². The fraction of sp³-hybridized carbons (Fsp3) is 0.200. The van der Waals surface area contributed by atoms with E-state index in [0.29, 0.717) is 22.1 Å². The van der Waals surface area contributed by atoms with Crippen molar-refractivity contribution in [1.29, 1.82) is 0 Å². The van der Waals surface area contributed by atoms with E-state index >= 15 is 17.6 Å². The van der Waals surface area contributed by atoms with E-state index < -0.39 is 23.4 Å². The lowest BCUT2D eigenvalue weighted by molar-refractivity contribution is -0.137. The van der Waals surface area contributed by atoms with Crippen molar-refractivity contribution in [1.82, 2.24) is 9.13 Å². The molecule has 0 aliphatic heterocycles. The van der Waals surface area contributed by atoms with Crippen LogP contribution in [0.5, 0.6) is 0 Å². The number of hydrogen-bond acceptors (Lipinski definition) is 0. The van der Waals surface area contributed by atoms with E-state index in [1.807, 2.05) is 60.7 Å². The molecule has 7 heteroatoms. The lowest BCUT2D eigenvalue weighted by Crippen LogP contribution is -2.17. The Balaban J connectivity index is 1.62. The number of hydrogen-bond donors (Lipinski definition) is 0. The molecule has 2 heterocycles. The topological polar surface area (TPSA) is 9.86 Å². The third kappa shape index (κ3) is 5.37. The molecular formula is C45H37F5N2. The molecule has 0 fully saturated rings. The zero-order valence-corrected chi connectivity index (χ0v) is 29.8. The van der Waals surface area contributed by atoms with E-state index in [9.17, 15) is 4.39 Å². The van der Waals surface area contributed by atoms with Gasteiger partial charge in [0, 0.05) is 27.1 Å². The van der Waals surface area contributed by atoms with Crippen molar-refractivity contribution in [2.75, 3.05) is 0 Å². The van der Waals surface area contributed by atoms with Gasteiger partial charge in [0.2, 0.25) is 0 Å². The largest absolute Gasteiger partial charge is 0.420 e. The van der Waals surface area contributed by atoms with Crippen LogP contribution >= 0.6 is 0 Å². The molecule has 8 aromatic rings. The molecule has 0 aliphatic rings. The average molecular weight is 701 g/mol. The summed E-state index contributed by atoms with van der Waals surface area (Å²) in [5.74, 6) is -1.44. The zero-order chi connectivity index (χ0) is 36.9. The van der Waals surface area contributed by atoms with Gasteiger partial charge in [-0.1, -0.05) is 102 Å². The maximum atomic E-state index is 16.1. The van der Waals surface area contributed by atoms with E-state index in [0.717, 1.165) is 50.9 Å². The zero-order valence-electron chi connectivity index (χ0n) is 29.8. The van der Waals surface area contributed by atoms with Crippen LogP contribution < -0.4 is 0 Å². The average Bonchev–Trinajstić information content (AvgIpc) is 3.59. The lowest BCUT2D eigenvalue weighted by atomic mass is 9.86. The Hall–Kier alpha value is -5.43. The maximum Gasteiger partial charge on any atom is 0.420 e. The molecule has 0 amide bonds. The number of halogens is 5. The van der Waals surface area contributed by atoms with Crippen molar-refractivity contribution in [2.24, 2.45) is 0 Å². The third-order valence-corrected chi connectivity index (χ3v) is 10.2. The van der Waals surface area contributed by atoms with Gasteiger partial charge in [0.1, 0.15) is 17.2 Å². The van der Waals surface area contributed by atoms with Crippen LogP contribution in [0.4, 0.5) is 22.0 Å². The van der Waals surface area contributed by atoms with E-state index in [2.05, 4.69) is 41.5 Å². The van der Waals surface area contributed by atoms with Gasteiger partial charge < -0.3 is 9.13 Å². The van der Waals surface area contributed by atoms with Gasteiger partial charge in [-0.15, -0.1) is 0 Å². The standard InChI is InChI=1S/C45H37F5N2/c1-43(2,3)27-15-18-32-30-11-7-9-13-36(30)51(38(32)23-27)40-21-26(34-25-29(46)17-20-35(34)47)22-41(42(40)45(48,49)50)52-37-14-10-8-12-31(37)33-19-16-28(24-39(33)52)44(4,5)6/h7-25H,1-6H3. The number of nitrogens with zero attached hydrogens (tertiary/aromatic N) is 2. The molecule has 52 heavy (non-hydrogen) atoms. The van der Waals surface area contributed by atoms with Crippen LogP contribution in [0.3, 0.4) is 0 Å². The van der Waals surface area contributed by atoms with Crippen molar-refractivity contribution in [2.45, 2.75) is 58.5 Å². The Labute approximate surface area is 298 Å². The summed E-state index contributed by atoms with van der Waals surface area (Å²) in [6, 6.07) is 32.3. The summed E-state index contributed by atoms with van der Waals surface area (Å²) in [5.41, 5.74) is 2.32. The molecule has 2 nitrogen and oxygen atoms in total. The van der Waals surface area contributed by atoms with Gasteiger partial charge in [-0.3, -0.25) is 0 Å². The first kappa shape index (κ1) is 33.7. The van der Waals surface area contributed by atoms with Gasteiger partial charge in [0.15, 0.2) is 0 Å². The number of fused-ring (bicyclic) bond motifs is 6. The minimum atomic E-state index is -4.87. The first-order valence-corrected chi connectivity index (χ1v) is 17.3. The Bertz CT molecular complexity index is 2560. The van der Waals surface area contributed by atoms with Crippen molar-refractivity contribution in [3.8, 4) is 22.5 Å². The van der Waals surface area contributed by atoms with Crippen LogP contribution in [0.2, 0.25) is 0 Å². The van der Waals surface area contributed by atoms with Gasteiger partial charge in [0.25, 0.3) is 0 Å². The molecule has 0 unspecified atom stereocenters. The van der Waals surface area contributed by atoms with Crippen LogP contribution in [0.1, 0.15) is 58.2 Å². The van der Waals surface area contributed by atoms with Gasteiger partial charge in [-0.25, -0.2) is 8.78 Å². The van der Waals surface area contributed by atoms with Crippen LogP contribution in [-0.4, -0.2) is 9.13 Å². The second-order valence-corrected chi connectivity index (χ2v) is 15.7. The van der Waals surface area contributed by atoms with Crippen molar-refractivity contribution in [3.63, 3.8) is 0 Å². The van der Waals surface area contributed by atoms with Crippen molar-refractivity contribution < 1.29 is 22.0 Å². The second kappa shape index (κ2) is 11.5. The number of rotatable bonds is 3. The lowest BCUT2D eigenvalue weighted by Gasteiger charge is -2.24. The van der Waals surface area contributed by atoms with Crippen LogP contribution in [0.25, 0.3) is 66.1 Å². The minimum absolute atomic E-state index is 0.116. The molecular weight excluding hydrogens is 663 g/mol. The number of aromatic nitrogens is 2. The quantitative estimate of drug-likeness (QED) is 0.162. The van der Waals surface area contributed by atoms with Gasteiger partial charge in [-0.05, 0) is 82.1 Å². The molecule has 2 aromatic heterocycles. The normalized spacial score (nSPS) is 12.9. The molecule has 0 radical (unpaired) electrons. The van der Waals surface area contributed by atoms with Crippen LogP contribution in [-0.2, 0) is 17.0 Å². The van der Waals surface area contributed by atoms with E-state index in [4.69, 9.17) is 0 Å². The predicted molar refractivity (Wildman–Crippen MR) is 203 cm³/mol. The van der Waals surface area contributed by atoms with Crippen LogP contribution in [0, 0.1) is 11.6 Å². The number of benzene rings is 6. The summed E-state index contributed by atoms with van der Waals surface area (Å²) in [6.07, 6.45) is -4.87. The first-order chi connectivity index (χ1) is 24.5. The van der Waals surface area contributed by atoms with Crippen molar-refractivity contribution >= 4 is 43.6 Å².